The van der Waals surface area contributed by atoms with Crippen LogP contribution < -0.4 is 10.6 Å². The fourth-order valence-corrected chi connectivity index (χ4v) is 3.87. The lowest BCUT2D eigenvalue weighted by Gasteiger charge is -2.30. The molecule has 0 amide bonds. The van der Waals surface area contributed by atoms with Gasteiger partial charge in [0.15, 0.2) is 5.96 Å². The Labute approximate surface area is 204 Å². The first kappa shape index (κ1) is 25.6. The predicted molar refractivity (Wildman–Crippen MR) is 138 cm³/mol. The van der Waals surface area contributed by atoms with Crippen LogP contribution in [0.25, 0.3) is 0 Å². The minimum Gasteiger partial charge on any atom is -0.357 e. The molecule has 7 nitrogen and oxygen atoms in total. The van der Waals surface area contributed by atoms with Crippen molar-refractivity contribution in [3.8, 4) is 0 Å². The smallest absolute Gasteiger partial charge is 0.191 e. The zero-order valence-corrected chi connectivity index (χ0v) is 21.5. The van der Waals surface area contributed by atoms with Gasteiger partial charge < -0.3 is 15.2 Å². The van der Waals surface area contributed by atoms with Gasteiger partial charge in [-0.15, -0.1) is 34.2 Å². The maximum atomic E-state index is 4.85. The number of hydrogen-bond acceptors (Lipinski definition) is 4. The summed E-state index contributed by atoms with van der Waals surface area (Å²) >= 11 is 0. The Bertz CT molecular complexity index is 797. The first-order valence-electron chi connectivity index (χ1n) is 11.4. The zero-order valence-electron chi connectivity index (χ0n) is 19.2. The van der Waals surface area contributed by atoms with Crippen molar-refractivity contribution in [1.29, 1.82) is 0 Å². The van der Waals surface area contributed by atoms with Gasteiger partial charge in [0.2, 0.25) is 0 Å². The van der Waals surface area contributed by atoms with Crippen molar-refractivity contribution in [1.82, 2.24) is 30.3 Å². The van der Waals surface area contributed by atoms with Gasteiger partial charge in [0.25, 0.3) is 0 Å². The molecule has 1 aromatic heterocycles. The third kappa shape index (κ3) is 8.07. The molecule has 1 aliphatic rings. The molecule has 0 aliphatic carbocycles. The molecule has 172 valence electrons. The summed E-state index contributed by atoms with van der Waals surface area (Å²) in [6, 6.07) is 8.72. The Hall–Kier alpha value is -1.68. The number of benzene rings is 1. The number of likely N-dealkylation sites (tertiary alicyclic amines) is 1. The van der Waals surface area contributed by atoms with Crippen LogP contribution in [-0.4, -0.2) is 51.8 Å². The lowest BCUT2D eigenvalue weighted by Crippen LogP contribution is -2.39. The number of nitrogens with one attached hydrogen (secondary N) is 2. The van der Waals surface area contributed by atoms with Crippen LogP contribution in [0.3, 0.4) is 0 Å². The molecule has 2 aromatic rings. The molecular formula is C23H38IN7. The molecule has 0 unspecified atom stereocenters. The highest BCUT2D eigenvalue weighted by Crippen LogP contribution is 2.20. The fourth-order valence-electron chi connectivity index (χ4n) is 3.87. The SMILES string of the molecule is CCNC(=NCc1ccccc1CN1CCC(C)CC1)NCCn1cnnc1CC.I. The monoisotopic (exact) mass is 539 g/mol. The zero-order chi connectivity index (χ0) is 21.2. The largest absolute Gasteiger partial charge is 0.357 e. The topological polar surface area (TPSA) is 70.4 Å². The third-order valence-corrected chi connectivity index (χ3v) is 5.80. The van der Waals surface area contributed by atoms with E-state index in [4.69, 9.17) is 4.99 Å². The molecule has 1 aliphatic heterocycles. The van der Waals surface area contributed by atoms with E-state index >= 15 is 0 Å². The molecule has 0 atom stereocenters. The summed E-state index contributed by atoms with van der Waals surface area (Å²) in [7, 11) is 0. The number of aryl methyl sites for hydroxylation is 1. The van der Waals surface area contributed by atoms with Crippen LogP contribution in [0.1, 0.15) is 50.6 Å². The number of rotatable bonds is 9. The number of halogens is 1. The van der Waals surface area contributed by atoms with Crippen molar-refractivity contribution in [2.45, 2.75) is 59.7 Å². The Morgan fingerprint density at radius 3 is 2.58 bits per heavy atom. The predicted octanol–water partition coefficient (Wildman–Crippen LogP) is 3.45. The summed E-state index contributed by atoms with van der Waals surface area (Å²) in [4.78, 5) is 7.43. The Balaban J connectivity index is 0.00000341. The second kappa shape index (κ2) is 13.7. The number of hydrogen-bond donors (Lipinski definition) is 2. The van der Waals surface area contributed by atoms with Gasteiger partial charge in [0, 0.05) is 32.6 Å². The summed E-state index contributed by atoms with van der Waals surface area (Å²) in [6.07, 6.45) is 5.30. The summed E-state index contributed by atoms with van der Waals surface area (Å²) in [5.74, 6) is 2.73. The number of piperidine rings is 1. The maximum absolute atomic E-state index is 4.85. The minimum absolute atomic E-state index is 0. The first-order chi connectivity index (χ1) is 14.7. The molecule has 2 heterocycles. The van der Waals surface area contributed by atoms with Crippen molar-refractivity contribution in [3.63, 3.8) is 0 Å². The molecule has 0 spiro atoms. The first-order valence-corrected chi connectivity index (χ1v) is 11.4. The van der Waals surface area contributed by atoms with E-state index in [1.165, 1.54) is 37.1 Å². The molecular weight excluding hydrogens is 501 g/mol. The highest BCUT2D eigenvalue weighted by Gasteiger charge is 2.16. The molecule has 0 bridgehead atoms. The second-order valence-electron chi connectivity index (χ2n) is 8.14. The Kier molecular flexibility index (Phi) is 11.3. The summed E-state index contributed by atoms with van der Waals surface area (Å²) in [5, 5.41) is 14.9. The van der Waals surface area contributed by atoms with Crippen LogP contribution in [0.4, 0.5) is 0 Å². The van der Waals surface area contributed by atoms with Crippen LogP contribution in [0, 0.1) is 5.92 Å². The van der Waals surface area contributed by atoms with Gasteiger partial charge in [-0.2, -0.15) is 0 Å². The van der Waals surface area contributed by atoms with E-state index in [1.54, 1.807) is 6.33 Å². The summed E-state index contributed by atoms with van der Waals surface area (Å²) in [6.45, 7) is 13.1. The molecule has 1 saturated heterocycles. The normalized spacial score (nSPS) is 15.5. The van der Waals surface area contributed by atoms with Gasteiger partial charge >= 0.3 is 0 Å². The van der Waals surface area contributed by atoms with E-state index < -0.39 is 0 Å². The number of aliphatic imine (C=N–C) groups is 1. The number of nitrogens with zero attached hydrogens (tertiary/aromatic N) is 5. The van der Waals surface area contributed by atoms with Crippen LogP contribution in [-0.2, 0) is 26.1 Å². The Morgan fingerprint density at radius 2 is 1.87 bits per heavy atom. The summed E-state index contributed by atoms with van der Waals surface area (Å²) < 4.78 is 2.09. The van der Waals surface area contributed by atoms with Gasteiger partial charge in [-0.1, -0.05) is 38.1 Å². The van der Waals surface area contributed by atoms with Crippen molar-refractivity contribution in [2.24, 2.45) is 10.9 Å². The molecule has 0 saturated carbocycles. The molecule has 1 aromatic carbocycles. The van der Waals surface area contributed by atoms with Crippen LogP contribution >= 0.6 is 24.0 Å². The highest BCUT2D eigenvalue weighted by molar-refractivity contribution is 14.0. The van der Waals surface area contributed by atoms with Crippen molar-refractivity contribution in [2.75, 3.05) is 26.2 Å². The van der Waals surface area contributed by atoms with E-state index in [9.17, 15) is 0 Å². The molecule has 2 N–H and O–H groups in total. The third-order valence-electron chi connectivity index (χ3n) is 5.80. The van der Waals surface area contributed by atoms with Gasteiger partial charge in [-0.25, -0.2) is 4.99 Å². The lowest BCUT2D eigenvalue weighted by atomic mass is 9.98. The highest BCUT2D eigenvalue weighted by atomic mass is 127. The molecule has 1 fully saturated rings. The quantitative estimate of drug-likeness (QED) is 0.290. The fraction of sp³-hybridized carbons (Fsp3) is 0.609. The molecule has 8 heteroatoms. The van der Waals surface area contributed by atoms with Crippen molar-refractivity contribution >= 4 is 29.9 Å². The van der Waals surface area contributed by atoms with E-state index in [1.807, 2.05) is 0 Å². The van der Waals surface area contributed by atoms with E-state index in [-0.39, 0.29) is 24.0 Å². The van der Waals surface area contributed by atoms with Crippen LogP contribution in [0.15, 0.2) is 35.6 Å². The average molecular weight is 540 g/mol. The van der Waals surface area contributed by atoms with Crippen LogP contribution in [0.5, 0.6) is 0 Å². The van der Waals surface area contributed by atoms with Crippen molar-refractivity contribution < 1.29 is 0 Å². The number of guanidine groups is 1. The van der Waals surface area contributed by atoms with Crippen LogP contribution in [0.2, 0.25) is 0 Å². The van der Waals surface area contributed by atoms with E-state index in [2.05, 4.69) is 75.3 Å². The minimum atomic E-state index is 0. The second-order valence-corrected chi connectivity index (χ2v) is 8.14. The molecule has 0 radical (unpaired) electrons. The van der Waals surface area contributed by atoms with E-state index in [0.29, 0.717) is 6.54 Å². The van der Waals surface area contributed by atoms with Crippen molar-refractivity contribution in [3.05, 3.63) is 47.5 Å². The maximum Gasteiger partial charge on any atom is 0.191 e. The van der Waals surface area contributed by atoms with Gasteiger partial charge in [0.05, 0.1) is 6.54 Å². The Morgan fingerprint density at radius 1 is 1.13 bits per heavy atom. The standard InChI is InChI=1S/C23H37N7.HI/c1-4-22-28-27-18-30(22)15-12-25-23(24-5-2)26-16-20-8-6-7-9-21(20)17-29-13-10-19(3)11-14-29;/h6-9,18-19H,4-5,10-17H2,1-3H3,(H2,24,25,26);1H. The average Bonchev–Trinajstić information content (AvgIpc) is 3.22. The summed E-state index contributed by atoms with van der Waals surface area (Å²) in [5.41, 5.74) is 2.70. The lowest BCUT2D eigenvalue weighted by molar-refractivity contribution is 0.185. The molecule has 3 rings (SSSR count). The molecule has 31 heavy (non-hydrogen) atoms. The van der Waals surface area contributed by atoms with Gasteiger partial charge in [-0.05, 0) is 49.9 Å². The van der Waals surface area contributed by atoms with E-state index in [0.717, 1.165) is 50.3 Å². The van der Waals surface area contributed by atoms with Gasteiger partial charge in [-0.3, -0.25) is 4.90 Å². The van der Waals surface area contributed by atoms with Gasteiger partial charge in [0.1, 0.15) is 12.2 Å². The number of aromatic nitrogens is 3.